The molecule has 0 saturated carbocycles. The molecule has 0 spiro atoms. The fourth-order valence-electron chi connectivity index (χ4n) is 1.19. The first-order chi connectivity index (χ1) is 6.54. The molecule has 3 nitrogen and oxygen atoms in total. The highest BCUT2D eigenvalue weighted by Crippen LogP contribution is 2.03. The third-order valence-corrected chi connectivity index (χ3v) is 1.94. The third-order valence-electron chi connectivity index (χ3n) is 1.94. The van der Waals surface area contributed by atoms with E-state index in [0.717, 1.165) is 0 Å². The van der Waals surface area contributed by atoms with Crippen molar-refractivity contribution in [2.24, 2.45) is 0 Å². The number of rotatable bonds is 2. The first kappa shape index (κ1) is 16.5. The van der Waals surface area contributed by atoms with Gasteiger partial charge in [-0.15, -0.1) is 0 Å². The van der Waals surface area contributed by atoms with Crippen LogP contribution in [0.2, 0.25) is 0 Å². The van der Waals surface area contributed by atoms with Crippen LogP contribution >= 0.6 is 0 Å². The second-order valence-corrected chi connectivity index (χ2v) is 3.58. The molecule has 0 unspecified atom stereocenters. The van der Waals surface area contributed by atoms with Crippen molar-refractivity contribution in [3.05, 3.63) is 22.9 Å². The van der Waals surface area contributed by atoms with Crippen molar-refractivity contribution in [2.75, 3.05) is 0 Å². The summed E-state index contributed by atoms with van der Waals surface area (Å²) in [6.45, 7) is 12.0. The lowest BCUT2D eigenvalue weighted by Gasteiger charge is -2.06. The minimum Gasteiger partial charge on any atom is -0.297 e. The van der Waals surface area contributed by atoms with Crippen molar-refractivity contribution in [1.82, 2.24) is 9.13 Å². The van der Waals surface area contributed by atoms with E-state index in [1.54, 1.807) is 9.13 Å². The molecule has 0 fully saturated rings. The highest BCUT2D eigenvalue weighted by molar-refractivity contribution is 5.75. The lowest BCUT2D eigenvalue weighted by molar-refractivity contribution is 0.521. The van der Waals surface area contributed by atoms with Gasteiger partial charge in [-0.25, -0.2) is 4.79 Å². The molecule has 1 aromatic rings. The zero-order valence-corrected chi connectivity index (χ0v) is 10.7. The van der Waals surface area contributed by atoms with Crippen LogP contribution in [0.15, 0.2) is 17.2 Å². The van der Waals surface area contributed by atoms with Crippen molar-refractivity contribution in [3.8, 4) is 0 Å². The molecule has 0 aliphatic rings. The van der Waals surface area contributed by atoms with Gasteiger partial charge in [0.05, 0.1) is 0 Å². The van der Waals surface area contributed by atoms with Gasteiger partial charge in [0, 0.05) is 32.9 Å². The van der Waals surface area contributed by atoms with Gasteiger partial charge in [0.25, 0.3) is 0 Å². The number of hydrogen-bond acceptors (Lipinski definition) is 1. The Hall–Kier alpha value is -0.925. The smallest absolute Gasteiger partial charge is 0.297 e. The van der Waals surface area contributed by atoms with E-state index in [9.17, 15) is 4.79 Å². The van der Waals surface area contributed by atoms with Gasteiger partial charge in [-0.1, -0.05) is 13.8 Å². The van der Waals surface area contributed by atoms with Gasteiger partial charge in [0.2, 0.25) is 0 Å². The van der Waals surface area contributed by atoms with Crippen LogP contribution in [0, 0.1) is 0 Å². The average molecular weight is 209 g/mol. The van der Waals surface area contributed by atoms with E-state index in [-0.39, 0.29) is 26.2 Å². The summed E-state index contributed by atoms with van der Waals surface area (Å²) in [4.78, 5) is 11.6. The summed E-state index contributed by atoms with van der Waals surface area (Å²) in [5.41, 5.74) is 0.0833. The molecule has 0 aliphatic heterocycles. The summed E-state index contributed by atoms with van der Waals surface area (Å²) in [6.07, 6.45) is 3.68. The van der Waals surface area contributed by atoms with Crippen molar-refractivity contribution in [3.63, 3.8) is 0 Å². The van der Waals surface area contributed by atoms with E-state index < -0.39 is 0 Å². The summed E-state index contributed by atoms with van der Waals surface area (Å²) in [6, 6.07) is 0.495. The molecule has 3 radical (unpaired) electrons. The average Bonchev–Trinajstić information content (AvgIpc) is 2.50. The minimum absolute atomic E-state index is 0. The molecule has 1 rings (SSSR count). The number of aromatic nitrogens is 2. The second kappa shape index (κ2) is 7.38. The predicted molar refractivity (Wildman–Crippen MR) is 66.6 cm³/mol. The Kier molecular flexibility index (Phi) is 8.12. The van der Waals surface area contributed by atoms with Gasteiger partial charge < -0.3 is 0 Å². The van der Waals surface area contributed by atoms with Gasteiger partial charge in [-0.05, 0) is 27.7 Å². The van der Waals surface area contributed by atoms with Crippen molar-refractivity contribution >= 4 is 8.41 Å². The predicted octanol–water partition coefficient (Wildman–Crippen LogP) is 2.46. The van der Waals surface area contributed by atoms with Gasteiger partial charge in [0.15, 0.2) is 0 Å². The molecule has 0 aromatic carbocycles. The molecule has 0 saturated heterocycles. The fourth-order valence-corrected chi connectivity index (χ4v) is 1.19. The standard InChI is InChI=1S/C9H16N2O.C2H6.B/c1-7(2)10-5-6-11(8(3)4)9(10)12;1-2;/h5-8H,1-4H3;1-2H3;. The highest BCUT2D eigenvalue weighted by atomic mass is 16.1. The molecule has 0 atom stereocenters. The normalized spacial score (nSPS) is 9.60. The molecule has 0 amide bonds. The van der Waals surface area contributed by atoms with Crippen molar-refractivity contribution < 1.29 is 0 Å². The minimum atomic E-state index is 0. The maximum atomic E-state index is 11.6. The van der Waals surface area contributed by atoms with E-state index >= 15 is 0 Å². The summed E-state index contributed by atoms with van der Waals surface area (Å²) >= 11 is 0. The Bertz CT molecular complexity index is 284. The van der Waals surface area contributed by atoms with E-state index in [0.29, 0.717) is 0 Å². The van der Waals surface area contributed by atoms with Crippen LogP contribution in [0.4, 0.5) is 0 Å². The summed E-state index contributed by atoms with van der Waals surface area (Å²) in [7, 11) is 0. The quantitative estimate of drug-likeness (QED) is 0.687. The first-order valence-electron chi connectivity index (χ1n) is 5.33. The van der Waals surface area contributed by atoms with E-state index in [4.69, 9.17) is 0 Å². The second-order valence-electron chi connectivity index (χ2n) is 3.58. The third kappa shape index (κ3) is 3.98. The number of imidazole rings is 1. The van der Waals surface area contributed by atoms with Crippen LogP contribution in [0.25, 0.3) is 0 Å². The maximum Gasteiger partial charge on any atom is 0.328 e. The molecule has 85 valence electrons. The van der Waals surface area contributed by atoms with Crippen LogP contribution in [-0.2, 0) is 0 Å². The zero-order valence-electron chi connectivity index (χ0n) is 10.7. The van der Waals surface area contributed by atoms with E-state index in [1.807, 2.05) is 53.9 Å². The van der Waals surface area contributed by atoms with Gasteiger partial charge in [0.1, 0.15) is 0 Å². The summed E-state index contributed by atoms with van der Waals surface area (Å²) in [5.74, 6) is 0. The van der Waals surface area contributed by atoms with Crippen LogP contribution in [0.5, 0.6) is 0 Å². The lowest BCUT2D eigenvalue weighted by Crippen LogP contribution is -2.26. The molecule has 0 bridgehead atoms. The molecular weight excluding hydrogens is 187 g/mol. The van der Waals surface area contributed by atoms with Gasteiger partial charge in [-0.2, -0.15) is 0 Å². The van der Waals surface area contributed by atoms with Crippen LogP contribution in [0.3, 0.4) is 0 Å². The van der Waals surface area contributed by atoms with E-state index in [2.05, 4.69) is 0 Å². The SMILES string of the molecule is CC.CC(C)n1ccn(C(C)C)c1=O.[B]. The van der Waals surface area contributed by atoms with Gasteiger partial charge >= 0.3 is 5.69 Å². The van der Waals surface area contributed by atoms with Crippen molar-refractivity contribution in [2.45, 2.75) is 53.6 Å². The molecule has 1 heterocycles. The molecule has 15 heavy (non-hydrogen) atoms. The Morgan fingerprint density at radius 2 is 1.20 bits per heavy atom. The fraction of sp³-hybridized carbons (Fsp3) is 0.727. The Morgan fingerprint density at radius 3 is 1.33 bits per heavy atom. The molecular formula is C11H22BN2O. The molecule has 0 N–H and O–H groups in total. The summed E-state index contributed by atoms with van der Waals surface area (Å²) in [5, 5.41) is 0. The molecule has 4 heteroatoms. The van der Waals surface area contributed by atoms with Crippen molar-refractivity contribution in [1.29, 1.82) is 0 Å². The lowest BCUT2D eigenvalue weighted by atomic mass is 10.4. The molecule has 0 aliphatic carbocycles. The Labute approximate surface area is 94.7 Å². The topological polar surface area (TPSA) is 26.9 Å². The number of nitrogens with zero attached hydrogens (tertiary/aromatic N) is 2. The maximum absolute atomic E-state index is 11.6. The van der Waals surface area contributed by atoms with Crippen LogP contribution in [-0.4, -0.2) is 17.5 Å². The number of hydrogen-bond donors (Lipinski definition) is 0. The summed E-state index contributed by atoms with van der Waals surface area (Å²) < 4.78 is 3.47. The largest absolute Gasteiger partial charge is 0.328 e. The Balaban J connectivity index is 0. The van der Waals surface area contributed by atoms with Gasteiger partial charge in [-0.3, -0.25) is 9.13 Å². The Morgan fingerprint density at radius 1 is 0.933 bits per heavy atom. The highest BCUT2D eigenvalue weighted by Gasteiger charge is 2.07. The zero-order chi connectivity index (χ0) is 11.3. The first-order valence-corrected chi connectivity index (χ1v) is 5.33. The monoisotopic (exact) mass is 209 g/mol. The van der Waals surface area contributed by atoms with Crippen LogP contribution < -0.4 is 5.69 Å². The van der Waals surface area contributed by atoms with E-state index in [1.165, 1.54) is 0 Å². The van der Waals surface area contributed by atoms with Crippen LogP contribution in [0.1, 0.15) is 53.6 Å². The molecule has 1 aromatic heterocycles.